The van der Waals surface area contributed by atoms with E-state index in [4.69, 9.17) is 4.42 Å². The summed E-state index contributed by atoms with van der Waals surface area (Å²) in [4.78, 5) is 0. The fourth-order valence-corrected chi connectivity index (χ4v) is 2.54. The Labute approximate surface area is 122 Å². The maximum atomic E-state index is 5.61. The zero-order valence-electron chi connectivity index (χ0n) is 13.2. The average molecular weight is 271 g/mol. The molecule has 2 aromatic rings. The average Bonchev–Trinajstić information content (AvgIpc) is 2.86. The van der Waals surface area contributed by atoms with Gasteiger partial charge in [0.25, 0.3) is 0 Å². The van der Waals surface area contributed by atoms with Gasteiger partial charge in [-0.2, -0.15) is 0 Å². The molecule has 0 saturated heterocycles. The second-order valence-corrected chi connectivity index (χ2v) is 5.94. The van der Waals surface area contributed by atoms with Crippen molar-refractivity contribution in [3.8, 4) is 11.1 Å². The van der Waals surface area contributed by atoms with Gasteiger partial charge in [-0.05, 0) is 41.6 Å². The summed E-state index contributed by atoms with van der Waals surface area (Å²) >= 11 is 0. The first kappa shape index (κ1) is 14.9. The molecule has 0 saturated carbocycles. The van der Waals surface area contributed by atoms with Crippen molar-refractivity contribution < 1.29 is 4.42 Å². The Morgan fingerprint density at radius 2 is 1.75 bits per heavy atom. The maximum Gasteiger partial charge on any atom is 0.125 e. The molecule has 0 atom stereocenters. The minimum absolute atomic E-state index is 0.501. The van der Waals surface area contributed by atoms with Crippen molar-refractivity contribution >= 4 is 0 Å². The van der Waals surface area contributed by atoms with Gasteiger partial charge in [0, 0.05) is 5.56 Å². The van der Waals surface area contributed by atoms with E-state index in [0.717, 1.165) is 12.3 Å². The van der Waals surface area contributed by atoms with Crippen molar-refractivity contribution in [2.24, 2.45) is 0 Å². The smallest absolute Gasteiger partial charge is 0.125 e. The van der Waals surface area contributed by atoms with Crippen molar-refractivity contribution in [1.82, 2.24) is 5.32 Å². The fraction of sp³-hybridized carbons (Fsp3) is 0.444. The molecule has 0 aliphatic heterocycles. The number of furan rings is 1. The lowest BCUT2D eigenvalue weighted by atomic mass is 9.88. The van der Waals surface area contributed by atoms with Crippen LogP contribution in [0, 0.1) is 0 Å². The predicted octanol–water partition coefficient (Wildman–Crippen LogP) is 4.91. The van der Waals surface area contributed by atoms with Crippen molar-refractivity contribution in [2.75, 3.05) is 7.05 Å². The normalized spacial score (nSPS) is 11.6. The van der Waals surface area contributed by atoms with Crippen LogP contribution in [0.1, 0.15) is 56.4 Å². The Bertz CT molecular complexity index is 567. The highest BCUT2D eigenvalue weighted by molar-refractivity contribution is 5.70. The van der Waals surface area contributed by atoms with Gasteiger partial charge < -0.3 is 9.73 Å². The van der Waals surface area contributed by atoms with E-state index < -0.39 is 0 Å². The molecule has 2 heteroatoms. The third-order valence-electron chi connectivity index (χ3n) is 3.74. The Morgan fingerprint density at radius 1 is 1.00 bits per heavy atom. The number of nitrogens with one attached hydrogen (secondary N) is 1. The summed E-state index contributed by atoms with van der Waals surface area (Å²) in [6, 6.07) is 8.90. The van der Waals surface area contributed by atoms with Gasteiger partial charge in [-0.1, -0.05) is 45.9 Å². The van der Waals surface area contributed by atoms with E-state index in [1.54, 1.807) is 6.26 Å². The van der Waals surface area contributed by atoms with E-state index in [0.29, 0.717) is 11.8 Å². The first-order valence-corrected chi connectivity index (χ1v) is 7.39. The second-order valence-electron chi connectivity index (χ2n) is 5.94. The molecule has 0 fully saturated rings. The Kier molecular flexibility index (Phi) is 4.66. The van der Waals surface area contributed by atoms with Crippen LogP contribution < -0.4 is 5.32 Å². The second kappa shape index (κ2) is 6.27. The van der Waals surface area contributed by atoms with Crippen LogP contribution in [0.3, 0.4) is 0 Å². The van der Waals surface area contributed by atoms with Gasteiger partial charge in [-0.3, -0.25) is 0 Å². The van der Waals surface area contributed by atoms with Gasteiger partial charge in [0.15, 0.2) is 0 Å². The highest BCUT2D eigenvalue weighted by Crippen LogP contribution is 2.34. The molecule has 1 heterocycles. The molecule has 0 unspecified atom stereocenters. The largest absolute Gasteiger partial charge is 0.467 e. The van der Waals surface area contributed by atoms with Gasteiger partial charge in [0.05, 0.1) is 12.8 Å². The SMILES string of the molecule is CNCc1occc1-c1ccc(C(C)C)cc1C(C)C. The van der Waals surface area contributed by atoms with Gasteiger partial charge in [-0.25, -0.2) is 0 Å². The number of benzene rings is 1. The van der Waals surface area contributed by atoms with Gasteiger partial charge in [0.2, 0.25) is 0 Å². The lowest BCUT2D eigenvalue weighted by Crippen LogP contribution is -2.05. The van der Waals surface area contributed by atoms with Crippen LogP contribution in [0.15, 0.2) is 34.9 Å². The minimum atomic E-state index is 0.501. The lowest BCUT2D eigenvalue weighted by Gasteiger charge is -2.16. The summed E-state index contributed by atoms with van der Waals surface area (Å²) in [5.74, 6) is 2.07. The lowest BCUT2D eigenvalue weighted by molar-refractivity contribution is 0.496. The fourth-order valence-electron chi connectivity index (χ4n) is 2.54. The molecular formula is C18H25NO. The third-order valence-corrected chi connectivity index (χ3v) is 3.74. The monoisotopic (exact) mass is 271 g/mol. The first-order chi connectivity index (χ1) is 9.54. The molecule has 0 bridgehead atoms. The minimum Gasteiger partial charge on any atom is -0.467 e. The number of hydrogen-bond donors (Lipinski definition) is 1. The molecule has 0 amide bonds. The third kappa shape index (κ3) is 2.96. The van der Waals surface area contributed by atoms with E-state index in [9.17, 15) is 0 Å². The highest BCUT2D eigenvalue weighted by atomic mass is 16.3. The Hall–Kier alpha value is -1.54. The van der Waals surface area contributed by atoms with Crippen LogP contribution in [0.2, 0.25) is 0 Å². The molecule has 0 aliphatic rings. The first-order valence-electron chi connectivity index (χ1n) is 7.39. The van der Waals surface area contributed by atoms with Crippen LogP contribution in [-0.4, -0.2) is 7.05 Å². The van der Waals surface area contributed by atoms with E-state index in [2.05, 4.69) is 57.3 Å². The highest BCUT2D eigenvalue weighted by Gasteiger charge is 2.15. The van der Waals surface area contributed by atoms with Gasteiger partial charge in [-0.15, -0.1) is 0 Å². The maximum absolute atomic E-state index is 5.61. The topological polar surface area (TPSA) is 25.2 Å². The van der Waals surface area contributed by atoms with Crippen LogP contribution in [0.5, 0.6) is 0 Å². The van der Waals surface area contributed by atoms with Crippen LogP contribution in [0.25, 0.3) is 11.1 Å². The summed E-state index contributed by atoms with van der Waals surface area (Å²) in [5.41, 5.74) is 5.30. The number of hydrogen-bond acceptors (Lipinski definition) is 2. The van der Waals surface area contributed by atoms with Crippen molar-refractivity contribution in [3.05, 3.63) is 47.4 Å². The van der Waals surface area contributed by atoms with E-state index in [1.807, 2.05) is 7.05 Å². The molecule has 1 aromatic carbocycles. The quantitative estimate of drug-likeness (QED) is 0.835. The molecule has 2 rings (SSSR count). The van der Waals surface area contributed by atoms with Crippen LogP contribution in [-0.2, 0) is 6.54 Å². The summed E-state index contributed by atoms with van der Waals surface area (Å²) in [5, 5.41) is 3.16. The molecule has 108 valence electrons. The molecule has 2 nitrogen and oxygen atoms in total. The Balaban J connectivity index is 2.52. The zero-order valence-corrected chi connectivity index (χ0v) is 13.2. The summed E-state index contributed by atoms with van der Waals surface area (Å²) in [6.07, 6.45) is 1.78. The van der Waals surface area contributed by atoms with Crippen molar-refractivity contribution in [2.45, 2.75) is 46.1 Å². The zero-order chi connectivity index (χ0) is 14.7. The van der Waals surface area contributed by atoms with Crippen molar-refractivity contribution in [1.29, 1.82) is 0 Å². The van der Waals surface area contributed by atoms with Gasteiger partial charge >= 0.3 is 0 Å². The van der Waals surface area contributed by atoms with Crippen molar-refractivity contribution in [3.63, 3.8) is 0 Å². The number of rotatable bonds is 5. The van der Waals surface area contributed by atoms with Gasteiger partial charge in [0.1, 0.15) is 5.76 Å². The molecule has 1 aromatic heterocycles. The molecule has 1 N–H and O–H groups in total. The Morgan fingerprint density at radius 3 is 2.35 bits per heavy atom. The molecule has 0 aliphatic carbocycles. The summed E-state index contributed by atoms with van der Waals surface area (Å²) < 4.78 is 5.61. The molecule has 0 radical (unpaired) electrons. The van der Waals surface area contributed by atoms with Crippen LogP contribution in [0.4, 0.5) is 0 Å². The summed E-state index contributed by atoms with van der Waals surface area (Å²) in [6.45, 7) is 9.74. The van der Waals surface area contributed by atoms with E-state index >= 15 is 0 Å². The standard InChI is InChI=1S/C18H25NO/c1-12(2)14-6-7-15(17(10-14)13(3)4)16-8-9-20-18(16)11-19-5/h6-10,12-13,19H,11H2,1-5H3. The van der Waals surface area contributed by atoms with E-state index in [1.165, 1.54) is 22.3 Å². The summed E-state index contributed by atoms with van der Waals surface area (Å²) in [7, 11) is 1.94. The predicted molar refractivity (Wildman–Crippen MR) is 85.1 cm³/mol. The van der Waals surface area contributed by atoms with E-state index in [-0.39, 0.29) is 0 Å². The molecule has 0 spiro atoms. The van der Waals surface area contributed by atoms with Crippen LogP contribution >= 0.6 is 0 Å². The molecular weight excluding hydrogens is 246 g/mol. The molecule has 20 heavy (non-hydrogen) atoms.